The Kier molecular flexibility index (Phi) is 12.5. The second-order valence-electron chi connectivity index (χ2n) is 10.2. The molecule has 4 rings (SSSR count). The van der Waals surface area contributed by atoms with Crippen molar-refractivity contribution < 1.29 is 42.2 Å². The number of rotatable bonds is 17. The zero-order valence-corrected chi connectivity index (χ0v) is 26.7. The fourth-order valence-electron chi connectivity index (χ4n) is 4.70. The van der Waals surface area contributed by atoms with Crippen LogP contribution in [0.1, 0.15) is 17.9 Å². The van der Waals surface area contributed by atoms with E-state index in [9.17, 15) is 28.4 Å². The van der Waals surface area contributed by atoms with Gasteiger partial charge in [-0.15, -0.1) is 0 Å². The molecule has 2 heterocycles. The number of nitro groups is 1. The molecule has 1 aliphatic rings. The molecule has 47 heavy (non-hydrogen) atoms. The topological polar surface area (TPSA) is 192 Å². The van der Waals surface area contributed by atoms with E-state index in [1.54, 1.807) is 13.2 Å². The Hall–Kier alpha value is -4.77. The number of carbonyl (C=O) groups is 1. The molecule has 1 aromatic heterocycles. The van der Waals surface area contributed by atoms with Crippen LogP contribution in [0.25, 0.3) is 0 Å². The number of amides is 1. The summed E-state index contributed by atoms with van der Waals surface area (Å²) in [7, 11) is -0.897. The van der Waals surface area contributed by atoms with Gasteiger partial charge in [0.05, 0.1) is 37.3 Å². The average Bonchev–Trinajstić information content (AvgIpc) is 3.09. The molecule has 0 radical (unpaired) electrons. The standard InChI is InChI=1S/C31H37N5O10S/c1-43-25-6-3-22(4-7-25)23-19-28(31(38)33-14-13-32-29-12-5-24(21-34-29)36(39)40)46-30(20-23)45-18-16-35(15-17-37)47(41,42)27-10-8-26(44-2)9-11-27/h3-12,19,21,23,30,37H,13-18,20H2,1-2H3,(H,32,34)(H,33,38)/t23-,30+/m0/s1. The lowest BCUT2D eigenvalue weighted by molar-refractivity contribution is -0.385. The Balaban J connectivity index is 1.39. The first-order valence-corrected chi connectivity index (χ1v) is 16.1. The van der Waals surface area contributed by atoms with E-state index in [2.05, 4.69) is 15.6 Å². The van der Waals surface area contributed by atoms with Gasteiger partial charge >= 0.3 is 0 Å². The molecule has 0 aliphatic carbocycles. The zero-order valence-electron chi connectivity index (χ0n) is 25.9. The van der Waals surface area contributed by atoms with Crippen LogP contribution in [-0.2, 0) is 24.3 Å². The van der Waals surface area contributed by atoms with Crippen LogP contribution >= 0.6 is 0 Å². The van der Waals surface area contributed by atoms with Gasteiger partial charge in [0, 0.05) is 44.6 Å². The molecule has 3 N–H and O–H groups in total. The van der Waals surface area contributed by atoms with Crippen molar-refractivity contribution in [2.45, 2.75) is 23.5 Å². The van der Waals surface area contributed by atoms with Crippen LogP contribution in [-0.4, -0.2) is 93.5 Å². The van der Waals surface area contributed by atoms with Gasteiger partial charge in [-0.3, -0.25) is 14.9 Å². The van der Waals surface area contributed by atoms with Crippen molar-refractivity contribution in [3.8, 4) is 11.5 Å². The molecule has 16 heteroatoms. The highest BCUT2D eigenvalue weighted by molar-refractivity contribution is 7.89. The van der Waals surface area contributed by atoms with Crippen molar-refractivity contribution in [2.24, 2.45) is 0 Å². The predicted molar refractivity (Wildman–Crippen MR) is 170 cm³/mol. The Morgan fingerprint density at radius 1 is 1.04 bits per heavy atom. The molecule has 15 nitrogen and oxygen atoms in total. The first-order chi connectivity index (χ1) is 22.6. The predicted octanol–water partition coefficient (Wildman–Crippen LogP) is 2.65. The number of aliphatic hydroxyl groups is 1. The minimum Gasteiger partial charge on any atom is -0.497 e. The minimum atomic E-state index is -3.95. The molecule has 0 saturated carbocycles. The number of allylic oxidation sites excluding steroid dienone is 1. The van der Waals surface area contributed by atoms with E-state index in [1.165, 1.54) is 43.5 Å². The quantitative estimate of drug-likeness (QED) is 0.108. The summed E-state index contributed by atoms with van der Waals surface area (Å²) in [5.41, 5.74) is 0.760. The summed E-state index contributed by atoms with van der Waals surface area (Å²) in [6, 6.07) is 16.1. The van der Waals surface area contributed by atoms with E-state index in [0.29, 0.717) is 23.7 Å². The molecule has 2 atom stereocenters. The molecule has 0 saturated heterocycles. The van der Waals surface area contributed by atoms with Crippen LogP contribution < -0.4 is 20.1 Å². The van der Waals surface area contributed by atoms with Crippen LogP contribution in [0.15, 0.2) is 83.6 Å². The summed E-state index contributed by atoms with van der Waals surface area (Å²) in [6.07, 6.45) is 2.31. The molecule has 0 spiro atoms. The van der Waals surface area contributed by atoms with E-state index in [-0.39, 0.29) is 55.0 Å². The summed E-state index contributed by atoms with van der Waals surface area (Å²) < 4.78 is 49.9. The van der Waals surface area contributed by atoms with Gasteiger partial charge in [-0.2, -0.15) is 4.31 Å². The Bertz CT molecular complexity index is 1620. The number of nitrogens with one attached hydrogen (secondary N) is 2. The number of hydrogen-bond donors (Lipinski definition) is 3. The van der Waals surface area contributed by atoms with Crippen molar-refractivity contribution in [1.82, 2.24) is 14.6 Å². The highest BCUT2D eigenvalue weighted by Gasteiger charge is 2.30. The minimum absolute atomic E-state index is 0.0357. The van der Waals surface area contributed by atoms with Crippen LogP contribution in [0, 0.1) is 10.1 Å². The van der Waals surface area contributed by atoms with Gasteiger partial charge in [-0.25, -0.2) is 13.4 Å². The monoisotopic (exact) mass is 671 g/mol. The molecular formula is C31H37N5O10S. The van der Waals surface area contributed by atoms with Gasteiger partial charge in [0.25, 0.3) is 11.6 Å². The number of aromatic nitrogens is 1. The Morgan fingerprint density at radius 3 is 2.32 bits per heavy atom. The van der Waals surface area contributed by atoms with Crippen molar-refractivity contribution in [2.75, 3.05) is 58.9 Å². The number of ether oxygens (including phenoxy) is 4. The second kappa shape index (κ2) is 16.7. The summed E-state index contributed by atoms with van der Waals surface area (Å²) >= 11 is 0. The number of anilines is 1. The maximum absolute atomic E-state index is 13.3. The third kappa shape index (κ3) is 9.62. The molecule has 0 unspecified atom stereocenters. The molecule has 252 valence electrons. The van der Waals surface area contributed by atoms with Crippen LogP contribution in [0.4, 0.5) is 11.5 Å². The summed E-state index contributed by atoms with van der Waals surface area (Å²) in [5, 5.41) is 26.1. The molecule has 1 amide bonds. The zero-order chi connectivity index (χ0) is 33.8. The number of methoxy groups -OCH3 is 2. The molecular weight excluding hydrogens is 634 g/mol. The number of hydrogen-bond acceptors (Lipinski definition) is 12. The van der Waals surface area contributed by atoms with E-state index < -0.39 is 33.8 Å². The highest BCUT2D eigenvalue weighted by Crippen LogP contribution is 2.32. The molecule has 0 bridgehead atoms. The average molecular weight is 672 g/mol. The first kappa shape index (κ1) is 35.1. The van der Waals surface area contributed by atoms with E-state index >= 15 is 0 Å². The van der Waals surface area contributed by atoms with Gasteiger partial charge in [-0.1, -0.05) is 12.1 Å². The number of sulfonamides is 1. The summed E-state index contributed by atoms with van der Waals surface area (Å²) in [5.74, 6) is 0.877. The molecule has 1 aliphatic heterocycles. The van der Waals surface area contributed by atoms with Crippen LogP contribution in [0.5, 0.6) is 11.5 Å². The number of aliphatic hydroxyl groups excluding tert-OH is 1. The fourth-order valence-corrected chi connectivity index (χ4v) is 6.12. The second-order valence-corrected chi connectivity index (χ2v) is 12.1. The first-order valence-electron chi connectivity index (χ1n) is 14.7. The molecule has 2 aromatic carbocycles. The van der Waals surface area contributed by atoms with Crippen molar-refractivity contribution >= 4 is 27.4 Å². The lowest BCUT2D eigenvalue weighted by atomic mass is 9.93. The van der Waals surface area contributed by atoms with Crippen LogP contribution in [0.3, 0.4) is 0 Å². The van der Waals surface area contributed by atoms with Gasteiger partial charge in [0.2, 0.25) is 16.3 Å². The largest absolute Gasteiger partial charge is 0.497 e. The fraction of sp³-hybridized carbons (Fsp3) is 0.355. The van der Waals surface area contributed by atoms with Gasteiger partial charge < -0.3 is 34.7 Å². The number of benzene rings is 2. The number of carbonyl (C=O) groups excluding carboxylic acids is 1. The Labute approximate surface area is 272 Å². The van der Waals surface area contributed by atoms with Crippen molar-refractivity contribution in [3.63, 3.8) is 0 Å². The SMILES string of the molecule is COc1ccc([C@H]2C=C(C(=O)NCCNc3ccc([N+](=O)[O-])cn3)O[C@@H](OCCN(CCO)S(=O)(=O)c3ccc(OC)cc3)C2)cc1. The lowest BCUT2D eigenvalue weighted by Gasteiger charge is -2.30. The van der Waals surface area contributed by atoms with E-state index in [4.69, 9.17) is 18.9 Å². The number of nitrogens with zero attached hydrogens (tertiary/aromatic N) is 3. The molecule has 3 aromatic rings. The smallest absolute Gasteiger partial charge is 0.287 e. The van der Waals surface area contributed by atoms with Gasteiger partial charge in [0.15, 0.2) is 5.76 Å². The van der Waals surface area contributed by atoms with Crippen LogP contribution in [0.2, 0.25) is 0 Å². The van der Waals surface area contributed by atoms with Crippen molar-refractivity contribution in [3.05, 3.63) is 94.4 Å². The van der Waals surface area contributed by atoms with E-state index in [1.807, 2.05) is 24.3 Å². The van der Waals surface area contributed by atoms with Gasteiger partial charge in [0.1, 0.15) is 23.5 Å². The Morgan fingerprint density at radius 2 is 1.72 bits per heavy atom. The maximum Gasteiger partial charge on any atom is 0.287 e. The van der Waals surface area contributed by atoms with Gasteiger partial charge in [-0.05, 0) is 54.1 Å². The summed E-state index contributed by atoms with van der Waals surface area (Å²) in [4.78, 5) is 27.4. The summed E-state index contributed by atoms with van der Waals surface area (Å²) in [6.45, 7) is -0.205. The highest BCUT2D eigenvalue weighted by atomic mass is 32.2. The molecule has 0 fully saturated rings. The lowest BCUT2D eigenvalue weighted by Crippen LogP contribution is -2.38. The normalized spacial score (nSPS) is 16.1. The third-order valence-electron chi connectivity index (χ3n) is 7.19. The third-order valence-corrected chi connectivity index (χ3v) is 9.10. The maximum atomic E-state index is 13.3. The number of pyridine rings is 1. The van der Waals surface area contributed by atoms with E-state index in [0.717, 1.165) is 16.1 Å². The van der Waals surface area contributed by atoms with Crippen molar-refractivity contribution in [1.29, 1.82) is 0 Å².